The van der Waals surface area contributed by atoms with Crippen LogP contribution in [0, 0.1) is 0 Å². The highest BCUT2D eigenvalue weighted by Crippen LogP contribution is 2.40. The number of pyridine rings is 1. The van der Waals surface area contributed by atoms with E-state index in [1.807, 2.05) is 0 Å². The topological polar surface area (TPSA) is 142 Å². The molecule has 0 aromatic carbocycles. The minimum absolute atomic E-state index is 0.142. The fraction of sp³-hybridized carbons (Fsp3) is 0.143. The molecule has 24 heavy (non-hydrogen) atoms. The molecule has 2 N–H and O–H groups in total. The van der Waals surface area contributed by atoms with E-state index in [0.29, 0.717) is 10.6 Å². The summed E-state index contributed by atoms with van der Waals surface area (Å²) in [6.45, 7) is 0. The van der Waals surface area contributed by atoms with E-state index >= 15 is 0 Å². The molecule has 0 bridgehead atoms. The van der Waals surface area contributed by atoms with Crippen LogP contribution in [0.25, 0.3) is 6.08 Å². The SMILES string of the molecule is O=C(O)C1=C(C(=O)O)N2C(=O)/C(=C/c3ccccn3)[C@H]2S(=O)(=O)C1. The summed E-state index contributed by atoms with van der Waals surface area (Å²) in [5.74, 6) is -5.19. The van der Waals surface area contributed by atoms with Gasteiger partial charge in [0.2, 0.25) is 0 Å². The normalized spacial score (nSPS) is 23.7. The highest BCUT2D eigenvalue weighted by Gasteiger charge is 2.57. The molecule has 1 aromatic rings. The lowest BCUT2D eigenvalue weighted by Gasteiger charge is -2.44. The van der Waals surface area contributed by atoms with Gasteiger partial charge in [0, 0.05) is 6.20 Å². The number of aromatic nitrogens is 1. The van der Waals surface area contributed by atoms with Crippen molar-refractivity contribution >= 4 is 33.8 Å². The van der Waals surface area contributed by atoms with Crippen LogP contribution in [0.4, 0.5) is 0 Å². The Morgan fingerprint density at radius 1 is 1.25 bits per heavy atom. The monoisotopic (exact) mass is 350 g/mol. The molecule has 2 aliphatic rings. The summed E-state index contributed by atoms with van der Waals surface area (Å²) in [4.78, 5) is 39.2. The summed E-state index contributed by atoms with van der Waals surface area (Å²) >= 11 is 0. The van der Waals surface area contributed by atoms with E-state index in [9.17, 15) is 27.9 Å². The fourth-order valence-corrected chi connectivity index (χ4v) is 4.54. The number of carboxylic acid groups (broad SMARTS) is 2. The van der Waals surface area contributed by atoms with Gasteiger partial charge in [-0.05, 0) is 18.2 Å². The predicted octanol–water partition coefficient (Wildman–Crippen LogP) is -0.515. The number of amides is 1. The molecule has 0 unspecified atom stereocenters. The third-order valence-electron chi connectivity index (χ3n) is 3.63. The summed E-state index contributed by atoms with van der Waals surface area (Å²) < 4.78 is 24.7. The van der Waals surface area contributed by atoms with Gasteiger partial charge in [-0.3, -0.25) is 14.7 Å². The third kappa shape index (κ3) is 2.27. The van der Waals surface area contributed by atoms with Crippen LogP contribution in [0.5, 0.6) is 0 Å². The van der Waals surface area contributed by atoms with Crippen LogP contribution in [0.15, 0.2) is 41.2 Å². The van der Waals surface area contributed by atoms with Crippen LogP contribution in [-0.4, -0.2) is 57.5 Å². The van der Waals surface area contributed by atoms with Gasteiger partial charge in [-0.1, -0.05) is 6.07 Å². The van der Waals surface area contributed by atoms with Crippen molar-refractivity contribution in [3.63, 3.8) is 0 Å². The van der Waals surface area contributed by atoms with Gasteiger partial charge in [-0.2, -0.15) is 0 Å². The van der Waals surface area contributed by atoms with Crippen molar-refractivity contribution in [1.29, 1.82) is 0 Å². The number of nitrogens with zero attached hydrogens (tertiary/aromatic N) is 2. The molecule has 2 aliphatic heterocycles. The van der Waals surface area contributed by atoms with Gasteiger partial charge >= 0.3 is 11.9 Å². The molecule has 9 nitrogen and oxygen atoms in total. The zero-order valence-electron chi connectivity index (χ0n) is 11.9. The number of fused-ring (bicyclic) bond motifs is 1. The maximum Gasteiger partial charge on any atom is 0.353 e. The van der Waals surface area contributed by atoms with Crippen molar-refractivity contribution in [1.82, 2.24) is 9.88 Å². The lowest BCUT2D eigenvalue weighted by atomic mass is 10.0. The number of hydrogen-bond acceptors (Lipinski definition) is 6. The Morgan fingerprint density at radius 3 is 2.50 bits per heavy atom. The molecule has 1 fully saturated rings. The van der Waals surface area contributed by atoms with Gasteiger partial charge in [0.05, 0.1) is 22.6 Å². The maximum atomic E-state index is 12.3. The molecule has 0 radical (unpaired) electrons. The van der Waals surface area contributed by atoms with Gasteiger partial charge < -0.3 is 10.2 Å². The Hall–Kier alpha value is -3.01. The maximum absolute atomic E-state index is 12.3. The van der Waals surface area contributed by atoms with E-state index in [0.717, 1.165) is 0 Å². The van der Waals surface area contributed by atoms with Crippen LogP contribution >= 0.6 is 0 Å². The minimum Gasteiger partial charge on any atom is -0.478 e. The quantitative estimate of drug-likeness (QED) is 0.548. The van der Waals surface area contributed by atoms with Crippen LogP contribution < -0.4 is 0 Å². The largest absolute Gasteiger partial charge is 0.478 e. The van der Waals surface area contributed by atoms with Crippen molar-refractivity contribution in [3.8, 4) is 0 Å². The first-order valence-electron chi connectivity index (χ1n) is 6.61. The number of carboxylic acids is 2. The molecule has 10 heteroatoms. The molecule has 1 atom stereocenters. The Kier molecular flexibility index (Phi) is 3.48. The standard InChI is InChI=1S/C14H10N2O7S/c17-11-8(5-7-3-1-2-4-15-7)12-16(11)10(14(20)21)9(13(18)19)6-24(12,22)23/h1-5,12H,6H2,(H,18,19)(H,20,21)/b8-5-/t12-/m1/s1. The first kappa shape index (κ1) is 15.9. The van der Waals surface area contributed by atoms with Gasteiger partial charge in [0.25, 0.3) is 5.91 Å². The van der Waals surface area contributed by atoms with Gasteiger partial charge in [-0.25, -0.2) is 18.0 Å². The number of aliphatic carboxylic acids is 2. The van der Waals surface area contributed by atoms with E-state index in [1.165, 1.54) is 12.3 Å². The molecular weight excluding hydrogens is 340 g/mol. The van der Waals surface area contributed by atoms with E-state index in [-0.39, 0.29) is 5.57 Å². The summed E-state index contributed by atoms with van der Waals surface area (Å²) in [5.41, 5.74) is -1.45. The average molecular weight is 350 g/mol. The smallest absolute Gasteiger partial charge is 0.353 e. The summed E-state index contributed by atoms with van der Waals surface area (Å²) in [6, 6.07) is 4.83. The molecule has 3 rings (SSSR count). The van der Waals surface area contributed by atoms with Crippen molar-refractivity contribution in [2.24, 2.45) is 0 Å². The van der Waals surface area contributed by atoms with E-state index < -0.39 is 50.1 Å². The molecular formula is C14H10N2O7S. The fourth-order valence-electron chi connectivity index (χ4n) is 2.64. The van der Waals surface area contributed by atoms with Crippen molar-refractivity contribution in [3.05, 3.63) is 46.9 Å². The molecule has 1 aromatic heterocycles. The zero-order chi connectivity index (χ0) is 17.6. The van der Waals surface area contributed by atoms with Crippen molar-refractivity contribution < 1.29 is 33.0 Å². The van der Waals surface area contributed by atoms with Gasteiger partial charge in [0.1, 0.15) is 5.70 Å². The van der Waals surface area contributed by atoms with E-state index in [2.05, 4.69) is 4.98 Å². The zero-order valence-corrected chi connectivity index (χ0v) is 12.7. The molecule has 0 aliphatic carbocycles. The minimum atomic E-state index is -4.08. The average Bonchev–Trinajstić information content (AvgIpc) is 2.51. The number of hydrogen-bond donors (Lipinski definition) is 2. The number of carbonyl (C=O) groups excluding carboxylic acids is 1. The number of sulfone groups is 1. The lowest BCUT2D eigenvalue weighted by Crippen LogP contribution is -2.62. The number of β-lactam (4-membered cyclic amide) rings is 1. The van der Waals surface area contributed by atoms with Crippen molar-refractivity contribution in [2.75, 3.05) is 5.75 Å². The Balaban J connectivity index is 2.14. The summed E-state index contributed by atoms with van der Waals surface area (Å²) in [6.07, 6.45) is 2.71. The molecule has 3 heterocycles. The lowest BCUT2D eigenvalue weighted by molar-refractivity contribution is -0.142. The second kappa shape index (κ2) is 5.27. The van der Waals surface area contributed by atoms with Crippen LogP contribution in [-0.2, 0) is 24.2 Å². The van der Waals surface area contributed by atoms with Crippen LogP contribution in [0.3, 0.4) is 0 Å². The Labute approximate surface area is 135 Å². The van der Waals surface area contributed by atoms with E-state index in [1.54, 1.807) is 18.2 Å². The molecule has 0 spiro atoms. The highest BCUT2D eigenvalue weighted by molar-refractivity contribution is 7.92. The molecule has 1 saturated heterocycles. The van der Waals surface area contributed by atoms with Crippen LogP contribution in [0.2, 0.25) is 0 Å². The number of carbonyl (C=O) groups is 3. The first-order valence-corrected chi connectivity index (χ1v) is 8.33. The number of rotatable bonds is 3. The molecule has 124 valence electrons. The van der Waals surface area contributed by atoms with Crippen LogP contribution in [0.1, 0.15) is 5.69 Å². The summed E-state index contributed by atoms with van der Waals surface area (Å²) in [7, 11) is -4.08. The van der Waals surface area contributed by atoms with Gasteiger partial charge in [-0.15, -0.1) is 0 Å². The second-order valence-electron chi connectivity index (χ2n) is 5.13. The Bertz CT molecular complexity index is 931. The molecule has 0 saturated carbocycles. The summed E-state index contributed by atoms with van der Waals surface area (Å²) in [5, 5.41) is 16.7. The van der Waals surface area contributed by atoms with Gasteiger partial charge in [0.15, 0.2) is 15.2 Å². The molecule has 1 amide bonds. The second-order valence-corrected chi connectivity index (χ2v) is 7.19. The highest BCUT2D eigenvalue weighted by atomic mass is 32.2. The third-order valence-corrected chi connectivity index (χ3v) is 5.47. The Morgan fingerprint density at radius 2 is 1.96 bits per heavy atom. The first-order chi connectivity index (χ1) is 11.2. The predicted molar refractivity (Wildman–Crippen MR) is 78.9 cm³/mol. The van der Waals surface area contributed by atoms with Crippen molar-refractivity contribution in [2.45, 2.75) is 5.37 Å². The van der Waals surface area contributed by atoms with E-state index in [4.69, 9.17) is 5.11 Å².